The molecule has 1 aromatic carbocycles. The molecule has 0 spiro atoms. The van der Waals surface area contributed by atoms with E-state index >= 15 is 0 Å². The topological polar surface area (TPSA) is 58.3 Å². The monoisotopic (exact) mass is 340 g/mol. The van der Waals surface area contributed by atoms with Gasteiger partial charge in [-0.3, -0.25) is 0 Å². The van der Waals surface area contributed by atoms with Gasteiger partial charge in [0, 0.05) is 22.4 Å². The number of nitrogens with two attached hydrogens (primary N) is 1. The molecule has 0 saturated heterocycles. The van der Waals surface area contributed by atoms with Crippen LogP contribution in [0.15, 0.2) is 16.6 Å². The maximum Gasteiger partial charge on any atom is 0.0819 e. The van der Waals surface area contributed by atoms with Gasteiger partial charge in [0.2, 0.25) is 0 Å². The Hall–Kier alpha value is -0.740. The molecule has 1 aliphatic rings. The van der Waals surface area contributed by atoms with E-state index in [1.807, 2.05) is 19.1 Å². The average molecular weight is 341 g/mol. The van der Waals surface area contributed by atoms with Gasteiger partial charge in [0.05, 0.1) is 5.60 Å². The van der Waals surface area contributed by atoms with E-state index in [-0.39, 0.29) is 0 Å². The minimum absolute atomic E-state index is 0.366. The van der Waals surface area contributed by atoms with Gasteiger partial charge >= 0.3 is 0 Å². The molecule has 0 aromatic heterocycles. The number of benzene rings is 1. The molecule has 0 aliphatic heterocycles. The van der Waals surface area contributed by atoms with E-state index in [0.29, 0.717) is 12.0 Å². The van der Waals surface area contributed by atoms with Gasteiger partial charge in [-0.25, -0.2) is 0 Å². The summed E-state index contributed by atoms with van der Waals surface area (Å²) in [7, 11) is 0. The molecular weight excluding hydrogens is 316 g/mol. The summed E-state index contributed by atoms with van der Waals surface area (Å²) < 4.78 is 0.945. The van der Waals surface area contributed by atoms with Crippen LogP contribution in [0.5, 0.6) is 0 Å². The number of halogens is 1. The van der Waals surface area contributed by atoms with Crippen LogP contribution in [0, 0.1) is 12.3 Å². The first kappa shape index (κ1) is 15.6. The predicted molar refractivity (Wildman–Crippen MR) is 89.0 cm³/mol. The van der Waals surface area contributed by atoms with Gasteiger partial charge in [0.1, 0.15) is 0 Å². The third-order valence-electron chi connectivity index (χ3n) is 4.50. The zero-order valence-electron chi connectivity index (χ0n) is 12.6. The zero-order valence-corrected chi connectivity index (χ0v) is 14.2. The van der Waals surface area contributed by atoms with Gasteiger partial charge in [-0.05, 0) is 71.6 Å². The first-order valence-electron chi connectivity index (χ1n) is 7.23. The van der Waals surface area contributed by atoms with Gasteiger partial charge in [-0.2, -0.15) is 0 Å². The molecule has 20 heavy (non-hydrogen) atoms. The van der Waals surface area contributed by atoms with Crippen LogP contribution in [-0.4, -0.2) is 17.3 Å². The fourth-order valence-electron chi connectivity index (χ4n) is 2.66. The Morgan fingerprint density at radius 1 is 1.25 bits per heavy atom. The smallest absolute Gasteiger partial charge is 0.0819 e. The molecule has 0 unspecified atom stereocenters. The van der Waals surface area contributed by atoms with E-state index in [9.17, 15) is 5.11 Å². The Morgan fingerprint density at radius 2 is 1.85 bits per heavy atom. The van der Waals surface area contributed by atoms with Crippen LogP contribution in [0.2, 0.25) is 0 Å². The molecule has 0 heterocycles. The maximum absolute atomic E-state index is 10.7. The van der Waals surface area contributed by atoms with Gasteiger partial charge in [-0.15, -0.1) is 0 Å². The predicted octanol–water partition coefficient (Wildman–Crippen LogP) is 4.08. The van der Waals surface area contributed by atoms with E-state index in [1.54, 1.807) is 0 Å². The molecule has 3 nitrogen and oxygen atoms in total. The van der Waals surface area contributed by atoms with E-state index in [2.05, 4.69) is 35.1 Å². The highest BCUT2D eigenvalue weighted by Crippen LogP contribution is 2.40. The molecule has 0 atom stereocenters. The maximum atomic E-state index is 10.7. The number of nitrogens with one attached hydrogen (secondary N) is 1. The second-order valence-corrected chi connectivity index (χ2v) is 7.79. The molecule has 112 valence electrons. The lowest BCUT2D eigenvalue weighted by Gasteiger charge is -2.40. The summed E-state index contributed by atoms with van der Waals surface area (Å²) in [6.45, 7) is 7.13. The number of nitrogen functional groups attached to an aromatic ring is 1. The van der Waals surface area contributed by atoms with Crippen molar-refractivity contribution in [2.24, 2.45) is 5.41 Å². The molecule has 2 rings (SSSR count). The molecule has 0 radical (unpaired) electrons. The van der Waals surface area contributed by atoms with Gasteiger partial charge in [-0.1, -0.05) is 13.8 Å². The van der Waals surface area contributed by atoms with Crippen LogP contribution in [0.3, 0.4) is 0 Å². The highest BCUT2D eigenvalue weighted by atomic mass is 79.9. The standard InChI is InChI=1S/C16H25BrN2O/c1-11-8-14(12(17)9-13(11)18)19-10-16(20)6-4-15(2,3)5-7-16/h8-9,19-20H,4-7,10,18H2,1-3H3. The number of aliphatic hydroxyl groups is 1. The number of rotatable bonds is 3. The van der Waals surface area contributed by atoms with Crippen molar-refractivity contribution in [1.82, 2.24) is 0 Å². The third-order valence-corrected chi connectivity index (χ3v) is 5.15. The first-order chi connectivity index (χ1) is 9.21. The normalized spacial score (nSPS) is 20.6. The molecule has 0 bridgehead atoms. The van der Waals surface area contributed by atoms with Crippen molar-refractivity contribution in [3.8, 4) is 0 Å². The number of aryl methyl sites for hydroxylation is 1. The van der Waals surface area contributed by atoms with E-state index in [4.69, 9.17) is 5.73 Å². The lowest BCUT2D eigenvalue weighted by Crippen LogP contribution is -2.42. The van der Waals surface area contributed by atoms with Gasteiger partial charge < -0.3 is 16.2 Å². The molecule has 1 fully saturated rings. The van der Waals surface area contributed by atoms with Gasteiger partial charge in [0.15, 0.2) is 0 Å². The quantitative estimate of drug-likeness (QED) is 0.726. The number of anilines is 2. The van der Waals surface area contributed by atoms with Crippen LogP contribution in [0.4, 0.5) is 11.4 Å². The zero-order chi connectivity index (χ0) is 15.0. The van der Waals surface area contributed by atoms with Crippen molar-refractivity contribution in [2.75, 3.05) is 17.6 Å². The fraction of sp³-hybridized carbons (Fsp3) is 0.625. The van der Waals surface area contributed by atoms with Crippen LogP contribution < -0.4 is 11.1 Å². The Labute approximate surface area is 130 Å². The average Bonchev–Trinajstić information content (AvgIpc) is 2.37. The highest BCUT2D eigenvalue weighted by molar-refractivity contribution is 9.10. The molecule has 1 aromatic rings. The summed E-state index contributed by atoms with van der Waals surface area (Å²) in [4.78, 5) is 0. The Kier molecular flexibility index (Phi) is 4.35. The molecule has 1 aliphatic carbocycles. The van der Waals surface area contributed by atoms with Crippen LogP contribution in [-0.2, 0) is 0 Å². The van der Waals surface area contributed by atoms with Crippen molar-refractivity contribution in [3.05, 3.63) is 22.2 Å². The van der Waals surface area contributed by atoms with Crippen molar-refractivity contribution in [3.63, 3.8) is 0 Å². The Morgan fingerprint density at radius 3 is 2.45 bits per heavy atom. The Bertz CT molecular complexity index is 489. The molecule has 0 amide bonds. The summed E-state index contributed by atoms with van der Waals surface area (Å²) in [5, 5.41) is 14.0. The third kappa shape index (κ3) is 3.67. The second-order valence-electron chi connectivity index (χ2n) is 6.93. The highest BCUT2D eigenvalue weighted by Gasteiger charge is 2.36. The Balaban J connectivity index is 2.00. The molecular formula is C16H25BrN2O. The fourth-order valence-corrected chi connectivity index (χ4v) is 3.16. The van der Waals surface area contributed by atoms with Crippen LogP contribution >= 0.6 is 15.9 Å². The second kappa shape index (κ2) is 5.57. The van der Waals surface area contributed by atoms with E-state index in [0.717, 1.165) is 47.1 Å². The lowest BCUT2D eigenvalue weighted by atomic mass is 9.71. The van der Waals surface area contributed by atoms with Crippen molar-refractivity contribution in [1.29, 1.82) is 0 Å². The largest absolute Gasteiger partial charge is 0.398 e. The van der Waals surface area contributed by atoms with Crippen molar-refractivity contribution in [2.45, 2.75) is 52.1 Å². The summed E-state index contributed by atoms with van der Waals surface area (Å²) in [5.41, 5.74) is 8.47. The summed E-state index contributed by atoms with van der Waals surface area (Å²) >= 11 is 3.52. The summed E-state index contributed by atoms with van der Waals surface area (Å²) in [5.74, 6) is 0. The van der Waals surface area contributed by atoms with Crippen molar-refractivity contribution >= 4 is 27.3 Å². The van der Waals surface area contributed by atoms with Crippen LogP contribution in [0.25, 0.3) is 0 Å². The van der Waals surface area contributed by atoms with E-state index in [1.165, 1.54) is 0 Å². The summed E-state index contributed by atoms with van der Waals surface area (Å²) in [6, 6.07) is 3.93. The molecule has 4 heteroatoms. The molecule has 1 saturated carbocycles. The van der Waals surface area contributed by atoms with Crippen molar-refractivity contribution < 1.29 is 5.11 Å². The van der Waals surface area contributed by atoms with E-state index < -0.39 is 5.60 Å². The lowest BCUT2D eigenvalue weighted by molar-refractivity contribution is -0.0145. The minimum Gasteiger partial charge on any atom is -0.398 e. The van der Waals surface area contributed by atoms with Crippen LogP contribution in [0.1, 0.15) is 45.1 Å². The van der Waals surface area contributed by atoms with Gasteiger partial charge in [0.25, 0.3) is 0 Å². The minimum atomic E-state index is -0.593. The molecule has 4 N–H and O–H groups in total. The SMILES string of the molecule is Cc1cc(NCC2(O)CCC(C)(C)CC2)c(Br)cc1N. The summed E-state index contributed by atoms with van der Waals surface area (Å²) in [6.07, 6.45) is 3.87. The number of hydrogen-bond acceptors (Lipinski definition) is 3. The number of hydrogen-bond donors (Lipinski definition) is 3. The first-order valence-corrected chi connectivity index (χ1v) is 8.02.